The summed E-state index contributed by atoms with van der Waals surface area (Å²) in [5, 5.41) is 5.51. The molecule has 0 unspecified atom stereocenters. The molecule has 1 heterocycles. The van der Waals surface area contributed by atoms with Gasteiger partial charge >= 0.3 is 11.9 Å². The number of cyclic esters (lactones) is 2. The highest BCUT2D eigenvalue weighted by Gasteiger charge is 2.23. The Morgan fingerprint density at radius 1 is 0.765 bits per heavy atom. The van der Waals surface area contributed by atoms with Crippen LogP contribution in [0.25, 0.3) is 0 Å². The summed E-state index contributed by atoms with van der Waals surface area (Å²) in [4.78, 5) is 49.8. The van der Waals surface area contributed by atoms with Crippen LogP contribution >= 0.6 is 23.5 Å². The van der Waals surface area contributed by atoms with E-state index in [0.29, 0.717) is 24.3 Å². The Morgan fingerprint density at radius 2 is 1.15 bits per heavy atom. The maximum absolute atomic E-state index is 12.5. The summed E-state index contributed by atoms with van der Waals surface area (Å²) in [5.74, 6) is -0.272. The summed E-state index contributed by atoms with van der Waals surface area (Å²) in [5.41, 5.74) is 0. The molecule has 1 rings (SSSR count). The molecule has 1 aliphatic rings. The highest BCUT2D eigenvalue weighted by atomic mass is 32.2. The number of hydrogen-bond donors (Lipinski definition) is 2. The predicted molar refractivity (Wildman–Crippen MR) is 138 cm³/mol. The quantitative estimate of drug-likeness (QED) is 0.411. The Labute approximate surface area is 211 Å². The SMILES string of the molecule is CSCC[C@@H]1NC(=O)C/C=C/[C@@H](C)COC(=O)[C@H](CCSC)NC(=O)C/C=C/[C@@H](C)COC1=O. The van der Waals surface area contributed by atoms with E-state index in [9.17, 15) is 19.2 Å². The first kappa shape index (κ1) is 30.1. The molecule has 0 aromatic heterocycles. The fourth-order valence-corrected chi connectivity index (χ4v) is 3.97. The second-order valence-corrected chi connectivity index (χ2v) is 10.3. The molecule has 0 spiro atoms. The Kier molecular flexibility index (Phi) is 15.5. The van der Waals surface area contributed by atoms with Crippen LogP contribution in [0.2, 0.25) is 0 Å². The van der Waals surface area contributed by atoms with Gasteiger partial charge in [-0.1, -0.05) is 38.2 Å². The molecule has 34 heavy (non-hydrogen) atoms. The molecule has 0 aromatic rings. The van der Waals surface area contributed by atoms with Crippen molar-refractivity contribution in [2.24, 2.45) is 11.8 Å². The summed E-state index contributed by atoms with van der Waals surface area (Å²) in [6.45, 7) is 4.02. The third kappa shape index (κ3) is 13.1. The van der Waals surface area contributed by atoms with Crippen LogP contribution in [-0.4, -0.2) is 73.1 Å². The molecule has 192 valence electrons. The van der Waals surface area contributed by atoms with Gasteiger partial charge in [0.1, 0.15) is 12.1 Å². The van der Waals surface area contributed by atoms with E-state index >= 15 is 0 Å². The molecule has 2 N–H and O–H groups in total. The van der Waals surface area contributed by atoms with E-state index in [1.54, 1.807) is 47.8 Å². The molecular weight excluding hydrogens is 476 g/mol. The van der Waals surface area contributed by atoms with E-state index in [1.807, 2.05) is 26.4 Å². The first-order valence-electron chi connectivity index (χ1n) is 11.5. The molecule has 1 aliphatic heterocycles. The second-order valence-electron chi connectivity index (χ2n) is 8.28. The number of nitrogens with one attached hydrogen (secondary N) is 2. The van der Waals surface area contributed by atoms with Crippen molar-refractivity contribution in [1.82, 2.24) is 10.6 Å². The van der Waals surface area contributed by atoms with Crippen molar-refractivity contribution in [3.05, 3.63) is 24.3 Å². The zero-order valence-corrected chi connectivity index (χ0v) is 22.2. The third-order valence-electron chi connectivity index (χ3n) is 4.97. The van der Waals surface area contributed by atoms with Crippen LogP contribution in [0.5, 0.6) is 0 Å². The topological polar surface area (TPSA) is 111 Å². The Bertz CT molecular complexity index is 668. The fourth-order valence-electron chi connectivity index (χ4n) is 3.03. The lowest BCUT2D eigenvalue weighted by Crippen LogP contribution is -2.42. The molecule has 0 aliphatic carbocycles. The highest BCUT2D eigenvalue weighted by Crippen LogP contribution is 2.09. The predicted octanol–water partition coefficient (Wildman–Crippen LogP) is 2.73. The van der Waals surface area contributed by atoms with Gasteiger partial charge in [0.25, 0.3) is 0 Å². The first-order chi connectivity index (χ1) is 16.3. The van der Waals surface area contributed by atoms with Gasteiger partial charge in [0, 0.05) is 24.7 Å². The standard InChI is InChI=1S/C24H38N2O6S2/c1-17-7-5-9-21(27)26-20(12-14-34-4)24(30)32-16-18(2)8-6-10-22(28)25-19(11-13-33-3)23(29)31-15-17/h5-8,17-20H,9-16H2,1-4H3,(H,25,28)(H,26,27)/b7-5+,8-6+/t17-,18-,19+,20+/m1/s1. The first-order valence-corrected chi connectivity index (χ1v) is 14.3. The Morgan fingerprint density at radius 3 is 1.50 bits per heavy atom. The minimum Gasteiger partial charge on any atom is -0.464 e. The van der Waals surface area contributed by atoms with Crippen LogP contribution in [0.3, 0.4) is 0 Å². The smallest absolute Gasteiger partial charge is 0.328 e. The Balaban J connectivity index is 2.93. The number of rotatable bonds is 6. The normalized spacial score (nSPS) is 28.1. The van der Waals surface area contributed by atoms with Gasteiger partial charge < -0.3 is 20.1 Å². The monoisotopic (exact) mass is 514 g/mol. The van der Waals surface area contributed by atoms with Gasteiger partial charge in [-0.3, -0.25) is 9.59 Å². The number of amides is 2. The summed E-state index contributed by atoms with van der Waals surface area (Å²) >= 11 is 3.17. The van der Waals surface area contributed by atoms with Crippen molar-refractivity contribution in [3.8, 4) is 0 Å². The number of esters is 2. The van der Waals surface area contributed by atoms with Gasteiger partial charge in [0.05, 0.1) is 13.2 Å². The van der Waals surface area contributed by atoms with Crippen LogP contribution in [0.15, 0.2) is 24.3 Å². The number of hydrogen-bond acceptors (Lipinski definition) is 8. The van der Waals surface area contributed by atoms with Crippen LogP contribution in [-0.2, 0) is 28.7 Å². The van der Waals surface area contributed by atoms with Gasteiger partial charge in [-0.15, -0.1) is 0 Å². The van der Waals surface area contributed by atoms with Crippen LogP contribution < -0.4 is 10.6 Å². The van der Waals surface area contributed by atoms with Crippen molar-refractivity contribution in [2.75, 3.05) is 37.2 Å². The molecule has 0 saturated heterocycles. The van der Waals surface area contributed by atoms with Gasteiger partial charge in [-0.2, -0.15) is 23.5 Å². The van der Waals surface area contributed by atoms with Gasteiger partial charge in [0.15, 0.2) is 0 Å². The zero-order valence-electron chi connectivity index (χ0n) is 20.5. The van der Waals surface area contributed by atoms with Crippen molar-refractivity contribution in [2.45, 2.75) is 51.6 Å². The molecule has 2 amide bonds. The third-order valence-corrected chi connectivity index (χ3v) is 6.26. The average Bonchev–Trinajstić information content (AvgIpc) is 2.80. The molecule has 0 fully saturated rings. The number of carbonyl (C=O) groups excluding carboxylic acids is 4. The lowest BCUT2D eigenvalue weighted by Gasteiger charge is -2.19. The van der Waals surface area contributed by atoms with Crippen molar-refractivity contribution < 1.29 is 28.7 Å². The maximum Gasteiger partial charge on any atom is 0.328 e. The van der Waals surface area contributed by atoms with E-state index in [0.717, 1.165) is 0 Å². The molecule has 0 radical (unpaired) electrons. The van der Waals surface area contributed by atoms with E-state index in [-0.39, 0.29) is 49.7 Å². The number of ether oxygens (including phenoxy) is 2. The van der Waals surface area contributed by atoms with Crippen molar-refractivity contribution in [1.29, 1.82) is 0 Å². The summed E-state index contributed by atoms with van der Waals surface area (Å²) < 4.78 is 10.8. The summed E-state index contributed by atoms with van der Waals surface area (Å²) in [6, 6.07) is -1.42. The zero-order chi connectivity index (χ0) is 25.3. The second kappa shape index (κ2) is 17.5. The van der Waals surface area contributed by atoms with Gasteiger partial charge in [-0.25, -0.2) is 9.59 Å². The maximum atomic E-state index is 12.5. The molecule has 10 heteroatoms. The van der Waals surface area contributed by atoms with Crippen LogP contribution in [0, 0.1) is 11.8 Å². The molecule has 8 nitrogen and oxygen atoms in total. The van der Waals surface area contributed by atoms with Crippen molar-refractivity contribution in [3.63, 3.8) is 0 Å². The minimum absolute atomic E-state index is 0.104. The van der Waals surface area contributed by atoms with Crippen molar-refractivity contribution >= 4 is 47.3 Å². The minimum atomic E-state index is -0.711. The summed E-state index contributed by atoms with van der Waals surface area (Å²) in [7, 11) is 0. The molecule has 0 saturated carbocycles. The highest BCUT2D eigenvalue weighted by molar-refractivity contribution is 7.98. The van der Waals surface area contributed by atoms with E-state index in [4.69, 9.17) is 9.47 Å². The number of thioether (sulfide) groups is 2. The fraction of sp³-hybridized carbons (Fsp3) is 0.667. The molecular formula is C24H38N2O6S2. The van der Waals surface area contributed by atoms with E-state index in [2.05, 4.69) is 10.6 Å². The van der Waals surface area contributed by atoms with Crippen LogP contribution in [0.4, 0.5) is 0 Å². The Hall–Kier alpha value is -1.94. The average molecular weight is 515 g/mol. The summed E-state index contributed by atoms with van der Waals surface area (Å²) in [6.07, 6.45) is 12.0. The lowest BCUT2D eigenvalue weighted by atomic mass is 10.1. The number of carbonyl (C=O) groups is 4. The lowest BCUT2D eigenvalue weighted by molar-refractivity contribution is -0.149. The van der Waals surface area contributed by atoms with Gasteiger partial charge in [-0.05, 0) is 36.9 Å². The molecule has 4 atom stereocenters. The van der Waals surface area contributed by atoms with E-state index in [1.165, 1.54) is 0 Å². The molecule has 0 bridgehead atoms. The van der Waals surface area contributed by atoms with Gasteiger partial charge in [0.2, 0.25) is 11.8 Å². The van der Waals surface area contributed by atoms with E-state index < -0.39 is 24.0 Å². The van der Waals surface area contributed by atoms with Crippen LogP contribution in [0.1, 0.15) is 39.5 Å². The largest absolute Gasteiger partial charge is 0.464 e. The molecule has 0 aromatic carbocycles.